The molecule has 0 spiro atoms. The first-order chi connectivity index (χ1) is 9.13. The lowest BCUT2D eigenvalue weighted by Crippen LogP contribution is -2.58. The van der Waals surface area contributed by atoms with Crippen LogP contribution < -0.4 is 5.32 Å². The molecule has 0 bridgehead atoms. The highest BCUT2D eigenvalue weighted by Gasteiger charge is 2.35. The Hall–Kier alpha value is -0.900. The fraction of sp³-hybridized carbons (Fsp3) is 0.625. The molecule has 1 aromatic rings. The Morgan fingerprint density at radius 1 is 1.32 bits per heavy atom. The van der Waals surface area contributed by atoms with Gasteiger partial charge in [-0.3, -0.25) is 4.90 Å². The van der Waals surface area contributed by atoms with Crippen LogP contribution in [0.1, 0.15) is 26.3 Å². The number of nitrogens with one attached hydrogen (secondary N) is 1. The van der Waals surface area contributed by atoms with E-state index in [4.69, 9.17) is 4.74 Å². The molecule has 1 aliphatic rings. The summed E-state index contributed by atoms with van der Waals surface area (Å²) in [7, 11) is 0. The Morgan fingerprint density at radius 3 is 2.74 bits per heavy atom. The molecule has 106 valence electrons. The zero-order valence-electron chi connectivity index (χ0n) is 12.4. The minimum Gasteiger partial charge on any atom is -0.377 e. The maximum atomic E-state index is 5.71. The van der Waals surface area contributed by atoms with Gasteiger partial charge in [0.05, 0.1) is 18.2 Å². The summed E-state index contributed by atoms with van der Waals surface area (Å²) in [4.78, 5) is 2.54. The van der Waals surface area contributed by atoms with Gasteiger partial charge in [0.1, 0.15) is 0 Å². The van der Waals surface area contributed by atoms with Gasteiger partial charge in [-0.2, -0.15) is 0 Å². The van der Waals surface area contributed by atoms with Crippen LogP contribution in [0.2, 0.25) is 0 Å². The third-order valence-corrected chi connectivity index (χ3v) is 3.93. The van der Waals surface area contributed by atoms with Crippen molar-refractivity contribution in [3.05, 3.63) is 35.9 Å². The van der Waals surface area contributed by atoms with Crippen molar-refractivity contribution in [2.75, 3.05) is 32.8 Å². The van der Waals surface area contributed by atoms with Crippen LogP contribution in [0.4, 0.5) is 0 Å². The van der Waals surface area contributed by atoms with Crippen molar-refractivity contribution < 1.29 is 4.74 Å². The van der Waals surface area contributed by atoms with Crippen LogP contribution in [0.15, 0.2) is 30.3 Å². The molecule has 2 rings (SSSR count). The monoisotopic (exact) mass is 262 g/mol. The van der Waals surface area contributed by atoms with E-state index < -0.39 is 0 Å². The van der Waals surface area contributed by atoms with E-state index >= 15 is 0 Å². The Bertz CT molecular complexity index is 380. The van der Waals surface area contributed by atoms with Crippen molar-refractivity contribution in [2.24, 2.45) is 0 Å². The van der Waals surface area contributed by atoms with Crippen molar-refractivity contribution in [1.82, 2.24) is 10.2 Å². The van der Waals surface area contributed by atoms with Gasteiger partial charge in [0.15, 0.2) is 0 Å². The molecule has 3 heteroatoms. The lowest BCUT2D eigenvalue weighted by Gasteiger charge is -2.45. The van der Waals surface area contributed by atoms with E-state index in [0.717, 1.165) is 32.8 Å². The van der Waals surface area contributed by atoms with Gasteiger partial charge < -0.3 is 10.1 Å². The largest absolute Gasteiger partial charge is 0.377 e. The summed E-state index contributed by atoms with van der Waals surface area (Å²) in [5, 5.41) is 3.52. The molecule has 1 heterocycles. The van der Waals surface area contributed by atoms with Crippen LogP contribution in [0.3, 0.4) is 0 Å². The van der Waals surface area contributed by atoms with Crippen LogP contribution in [0.25, 0.3) is 0 Å². The summed E-state index contributed by atoms with van der Waals surface area (Å²) in [5.41, 5.74) is 1.45. The topological polar surface area (TPSA) is 24.5 Å². The molecule has 1 N–H and O–H groups in total. The van der Waals surface area contributed by atoms with E-state index in [-0.39, 0.29) is 5.54 Å². The van der Waals surface area contributed by atoms with E-state index in [0.29, 0.717) is 6.10 Å². The highest BCUT2D eigenvalue weighted by atomic mass is 16.5. The van der Waals surface area contributed by atoms with Gasteiger partial charge in [-0.1, -0.05) is 30.3 Å². The van der Waals surface area contributed by atoms with E-state index in [1.165, 1.54) is 5.56 Å². The average molecular weight is 262 g/mol. The second kappa shape index (κ2) is 6.51. The highest BCUT2D eigenvalue weighted by Crippen LogP contribution is 2.29. The first kappa shape index (κ1) is 14.5. The van der Waals surface area contributed by atoms with E-state index in [1.807, 2.05) is 0 Å². The van der Waals surface area contributed by atoms with Crippen LogP contribution in [0, 0.1) is 0 Å². The molecule has 19 heavy (non-hydrogen) atoms. The highest BCUT2D eigenvalue weighted by molar-refractivity contribution is 5.25. The van der Waals surface area contributed by atoms with Gasteiger partial charge in [0.2, 0.25) is 0 Å². The summed E-state index contributed by atoms with van der Waals surface area (Å²) < 4.78 is 5.71. The molecular weight excluding hydrogens is 236 g/mol. The molecule has 1 unspecified atom stereocenters. The van der Waals surface area contributed by atoms with E-state index in [2.05, 4.69) is 61.3 Å². The molecule has 1 saturated heterocycles. The lowest BCUT2D eigenvalue weighted by atomic mass is 9.88. The Labute approximate surface area is 116 Å². The van der Waals surface area contributed by atoms with Crippen molar-refractivity contribution >= 4 is 0 Å². The summed E-state index contributed by atoms with van der Waals surface area (Å²) in [6, 6.07) is 10.8. The molecule has 1 aliphatic heterocycles. The molecule has 0 saturated carbocycles. The standard InChI is InChI=1S/C16H26N2O/c1-14(2)19-12-11-18-10-9-17-13-16(18,3)15-7-5-4-6-8-15/h4-8,14,17H,9-13H2,1-3H3. The van der Waals surface area contributed by atoms with Gasteiger partial charge in [0, 0.05) is 26.2 Å². The summed E-state index contributed by atoms with van der Waals surface area (Å²) >= 11 is 0. The second-order valence-electron chi connectivity index (χ2n) is 5.72. The van der Waals surface area contributed by atoms with Crippen molar-refractivity contribution in [3.63, 3.8) is 0 Å². The number of piperazine rings is 1. The number of hydrogen-bond donors (Lipinski definition) is 1. The third-order valence-electron chi connectivity index (χ3n) is 3.93. The lowest BCUT2D eigenvalue weighted by molar-refractivity contribution is 0.0130. The van der Waals surface area contributed by atoms with Crippen LogP contribution in [0.5, 0.6) is 0 Å². The quantitative estimate of drug-likeness (QED) is 0.880. The van der Waals surface area contributed by atoms with Crippen LogP contribution in [-0.4, -0.2) is 43.8 Å². The van der Waals surface area contributed by atoms with Crippen molar-refractivity contribution in [3.8, 4) is 0 Å². The smallest absolute Gasteiger partial charge is 0.0597 e. The van der Waals surface area contributed by atoms with E-state index in [9.17, 15) is 0 Å². The Kier molecular flexibility index (Phi) is 4.97. The fourth-order valence-corrected chi connectivity index (χ4v) is 2.74. The first-order valence-corrected chi connectivity index (χ1v) is 7.26. The molecule has 0 aliphatic carbocycles. The molecule has 1 fully saturated rings. The molecule has 1 aromatic carbocycles. The molecule has 0 aromatic heterocycles. The Morgan fingerprint density at radius 2 is 2.05 bits per heavy atom. The number of hydrogen-bond acceptors (Lipinski definition) is 3. The summed E-state index contributed by atoms with van der Waals surface area (Å²) in [6.45, 7) is 11.4. The van der Waals surface area contributed by atoms with E-state index in [1.54, 1.807) is 0 Å². The first-order valence-electron chi connectivity index (χ1n) is 7.26. The fourth-order valence-electron chi connectivity index (χ4n) is 2.74. The van der Waals surface area contributed by atoms with Crippen LogP contribution in [-0.2, 0) is 10.3 Å². The SMILES string of the molecule is CC(C)OCCN1CCNCC1(C)c1ccccc1. The van der Waals surface area contributed by atoms with Crippen molar-refractivity contribution in [1.29, 1.82) is 0 Å². The zero-order chi connectivity index (χ0) is 13.7. The molecule has 3 nitrogen and oxygen atoms in total. The van der Waals surface area contributed by atoms with Gasteiger partial charge >= 0.3 is 0 Å². The molecule has 0 amide bonds. The van der Waals surface area contributed by atoms with Gasteiger partial charge in [-0.15, -0.1) is 0 Å². The van der Waals surface area contributed by atoms with Gasteiger partial charge in [-0.25, -0.2) is 0 Å². The van der Waals surface area contributed by atoms with Gasteiger partial charge in [-0.05, 0) is 26.3 Å². The third kappa shape index (κ3) is 3.56. The number of rotatable bonds is 5. The second-order valence-corrected chi connectivity index (χ2v) is 5.72. The maximum Gasteiger partial charge on any atom is 0.0597 e. The van der Waals surface area contributed by atoms with Gasteiger partial charge in [0.25, 0.3) is 0 Å². The molecule has 1 atom stereocenters. The Balaban J connectivity index is 2.06. The minimum atomic E-state index is 0.0693. The van der Waals surface area contributed by atoms with Crippen LogP contribution >= 0.6 is 0 Å². The zero-order valence-corrected chi connectivity index (χ0v) is 12.4. The van der Waals surface area contributed by atoms with Crippen molar-refractivity contribution in [2.45, 2.75) is 32.4 Å². The predicted octanol–water partition coefficient (Wildman–Crippen LogP) is 2.23. The molecule has 0 radical (unpaired) electrons. The normalized spacial score (nSPS) is 24.8. The summed E-state index contributed by atoms with van der Waals surface area (Å²) in [5.74, 6) is 0. The maximum absolute atomic E-state index is 5.71. The number of nitrogens with zero attached hydrogens (tertiary/aromatic N) is 1. The average Bonchev–Trinajstić information content (AvgIpc) is 2.42. The summed E-state index contributed by atoms with van der Waals surface area (Å²) in [6.07, 6.45) is 0.311. The number of ether oxygens (including phenoxy) is 1. The molecular formula is C16H26N2O. The number of benzene rings is 1. The minimum absolute atomic E-state index is 0.0693. The predicted molar refractivity (Wildman–Crippen MR) is 79.3 cm³/mol.